The van der Waals surface area contributed by atoms with Crippen LogP contribution in [-0.2, 0) is 15.4 Å². The Morgan fingerprint density at radius 2 is 2.04 bits per heavy atom. The van der Waals surface area contributed by atoms with Crippen molar-refractivity contribution >= 4 is 50.3 Å². The zero-order valence-corrected chi connectivity index (χ0v) is 17.7. The van der Waals surface area contributed by atoms with Crippen molar-refractivity contribution in [3.05, 3.63) is 45.0 Å². The van der Waals surface area contributed by atoms with E-state index in [9.17, 15) is 17.6 Å². The zero-order valence-electron chi connectivity index (χ0n) is 15.3. The summed E-state index contributed by atoms with van der Waals surface area (Å²) in [5.41, 5.74) is 4.73. The Balaban J connectivity index is 1.96. The summed E-state index contributed by atoms with van der Waals surface area (Å²) >= 11 is 7.31. The van der Waals surface area contributed by atoms with Crippen LogP contribution in [0.5, 0.6) is 0 Å². The van der Waals surface area contributed by atoms with Crippen molar-refractivity contribution in [2.24, 2.45) is 10.7 Å². The standard InChI is InChI=1S/C17H18ClFN4O3S2/c1-16(2)15(20)23-17(3,8-28(16,25)26)13-9(18)7-10(27-13)14(24)22-12-6-4-5-11(19)21-12/h4-7H,8H2,1-3H3,(H2,20,23)(H,21,22,24)/t17-/m0/s1. The Kier molecular flexibility index (Phi) is 5.01. The lowest BCUT2D eigenvalue weighted by Crippen LogP contribution is -2.54. The van der Waals surface area contributed by atoms with E-state index in [1.165, 1.54) is 32.0 Å². The molecule has 28 heavy (non-hydrogen) atoms. The Morgan fingerprint density at radius 3 is 2.64 bits per heavy atom. The molecule has 1 amide bonds. The molecule has 1 atom stereocenters. The van der Waals surface area contributed by atoms with Crippen LogP contribution in [-0.4, -0.2) is 35.6 Å². The monoisotopic (exact) mass is 444 g/mol. The maximum Gasteiger partial charge on any atom is 0.266 e. The summed E-state index contributed by atoms with van der Waals surface area (Å²) in [6, 6.07) is 5.43. The van der Waals surface area contributed by atoms with Crippen molar-refractivity contribution in [1.29, 1.82) is 0 Å². The molecule has 2 aromatic heterocycles. The molecular weight excluding hydrogens is 427 g/mol. The number of thiophene rings is 1. The maximum absolute atomic E-state index is 13.2. The second-order valence-corrected chi connectivity index (χ2v) is 11.1. The van der Waals surface area contributed by atoms with Gasteiger partial charge in [0.15, 0.2) is 9.84 Å². The molecule has 0 saturated carbocycles. The number of carbonyl (C=O) groups excluding carboxylic acids is 1. The summed E-state index contributed by atoms with van der Waals surface area (Å²) in [6.07, 6.45) is 0. The van der Waals surface area contributed by atoms with Gasteiger partial charge in [-0.15, -0.1) is 11.3 Å². The number of pyridine rings is 1. The number of nitrogens with zero attached hydrogens (tertiary/aromatic N) is 2. The summed E-state index contributed by atoms with van der Waals surface area (Å²) in [7, 11) is -3.61. The molecule has 0 radical (unpaired) electrons. The number of hydrogen-bond donors (Lipinski definition) is 2. The van der Waals surface area contributed by atoms with Gasteiger partial charge in [-0.3, -0.25) is 9.79 Å². The predicted octanol–water partition coefficient (Wildman–Crippen LogP) is 2.97. The molecule has 7 nitrogen and oxygen atoms in total. The number of sulfone groups is 1. The second-order valence-electron chi connectivity index (χ2n) is 7.13. The van der Waals surface area contributed by atoms with E-state index in [2.05, 4.69) is 15.3 Å². The molecule has 2 aromatic rings. The number of rotatable bonds is 3. The summed E-state index contributed by atoms with van der Waals surface area (Å²) in [4.78, 5) is 21.1. The third-order valence-corrected chi connectivity index (χ3v) is 9.09. The first kappa shape index (κ1) is 20.7. The van der Waals surface area contributed by atoms with Crippen LogP contribution in [0.3, 0.4) is 0 Å². The van der Waals surface area contributed by atoms with Crippen LogP contribution >= 0.6 is 22.9 Å². The molecule has 1 aliphatic heterocycles. The molecule has 0 saturated heterocycles. The molecule has 11 heteroatoms. The summed E-state index contributed by atoms with van der Waals surface area (Å²) < 4.78 is 37.3. The van der Waals surface area contributed by atoms with Crippen LogP contribution in [0.1, 0.15) is 35.3 Å². The van der Waals surface area contributed by atoms with E-state index in [1.807, 2.05) is 0 Å². The molecule has 150 valence electrons. The van der Waals surface area contributed by atoms with Gasteiger partial charge in [0.2, 0.25) is 5.95 Å². The number of aliphatic imine (C=N–C) groups is 1. The number of anilines is 1. The normalized spacial score (nSPS) is 23.1. The van der Waals surface area contributed by atoms with Gasteiger partial charge in [-0.25, -0.2) is 13.4 Å². The molecule has 0 aliphatic carbocycles. The first-order chi connectivity index (χ1) is 12.9. The third-order valence-electron chi connectivity index (χ3n) is 4.59. The lowest BCUT2D eigenvalue weighted by Gasteiger charge is -2.37. The Bertz CT molecular complexity index is 1100. The van der Waals surface area contributed by atoms with Crippen LogP contribution in [0.4, 0.5) is 10.2 Å². The van der Waals surface area contributed by atoms with Crippen LogP contribution in [0.25, 0.3) is 0 Å². The van der Waals surface area contributed by atoms with E-state index >= 15 is 0 Å². The summed E-state index contributed by atoms with van der Waals surface area (Å²) in [5.74, 6) is -1.53. The Morgan fingerprint density at radius 1 is 1.36 bits per heavy atom. The topological polar surface area (TPSA) is 115 Å². The van der Waals surface area contributed by atoms with Crippen molar-refractivity contribution in [1.82, 2.24) is 4.98 Å². The average Bonchev–Trinajstić information content (AvgIpc) is 2.96. The summed E-state index contributed by atoms with van der Waals surface area (Å²) in [6.45, 7) is 4.61. The fourth-order valence-electron chi connectivity index (χ4n) is 2.76. The quantitative estimate of drug-likeness (QED) is 0.706. The SMILES string of the molecule is CC1(C)C(N)=N[C@](C)(c2sc(C(=O)Nc3cccc(F)n3)cc2Cl)CS1(=O)=O. The van der Waals surface area contributed by atoms with Crippen molar-refractivity contribution in [3.8, 4) is 0 Å². The third kappa shape index (κ3) is 3.51. The van der Waals surface area contributed by atoms with Crippen LogP contribution in [0.15, 0.2) is 29.3 Å². The minimum absolute atomic E-state index is 0.0133. The maximum atomic E-state index is 13.2. The number of hydrogen-bond acceptors (Lipinski definition) is 7. The lowest BCUT2D eigenvalue weighted by atomic mass is 10.0. The highest BCUT2D eigenvalue weighted by atomic mass is 35.5. The Labute approximate surface area is 170 Å². The van der Waals surface area contributed by atoms with Crippen molar-refractivity contribution in [3.63, 3.8) is 0 Å². The first-order valence-electron chi connectivity index (χ1n) is 8.17. The molecule has 0 bridgehead atoms. The van der Waals surface area contributed by atoms with E-state index in [0.29, 0.717) is 4.88 Å². The van der Waals surface area contributed by atoms with E-state index in [0.717, 1.165) is 17.4 Å². The molecule has 0 aromatic carbocycles. The smallest absolute Gasteiger partial charge is 0.266 e. The fraction of sp³-hybridized carbons (Fsp3) is 0.353. The van der Waals surface area contributed by atoms with Gasteiger partial charge in [-0.05, 0) is 39.0 Å². The van der Waals surface area contributed by atoms with Gasteiger partial charge in [-0.1, -0.05) is 17.7 Å². The number of amides is 1. The number of nitrogens with one attached hydrogen (secondary N) is 1. The van der Waals surface area contributed by atoms with E-state index in [1.54, 1.807) is 6.92 Å². The minimum Gasteiger partial charge on any atom is -0.386 e. The molecule has 3 rings (SSSR count). The minimum atomic E-state index is -3.61. The van der Waals surface area contributed by atoms with Crippen molar-refractivity contribution in [2.45, 2.75) is 31.1 Å². The van der Waals surface area contributed by atoms with Crippen LogP contribution < -0.4 is 11.1 Å². The highest BCUT2D eigenvalue weighted by Gasteiger charge is 2.50. The first-order valence-corrected chi connectivity index (χ1v) is 11.0. The van der Waals surface area contributed by atoms with Gasteiger partial charge >= 0.3 is 0 Å². The number of nitrogens with two attached hydrogens (primary N) is 1. The average molecular weight is 445 g/mol. The molecule has 0 spiro atoms. The van der Waals surface area contributed by atoms with Gasteiger partial charge in [0.05, 0.1) is 20.5 Å². The summed E-state index contributed by atoms with van der Waals surface area (Å²) in [5, 5.41) is 2.68. The highest BCUT2D eigenvalue weighted by Crippen LogP contribution is 2.43. The van der Waals surface area contributed by atoms with Gasteiger partial charge < -0.3 is 11.1 Å². The number of halogens is 2. The van der Waals surface area contributed by atoms with E-state index in [4.69, 9.17) is 17.3 Å². The molecular formula is C17H18ClFN4O3S2. The van der Waals surface area contributed by atoms with Gasteiger partial charge in [-0.2, -0.15) is 4.39 Å². The highest BCUT2D eigenvalue weighted by molar-refractivity contribution is 7.93. The van der Waals surface area contributed by atoms with Crippen LogP contribution in [0.2, 0.25) is 5.02 Å². The van der Waals surface area contributed by atoms with Gasteiger partial charge in [0, 0.05) is 0 Å². The van der Waals surface area contributed by atoms with Gasteiger partial charge in [0.1, 0.15) is 21.9 Å². The molecule has 0 fully saturated rings. The van der Waals surface area contributed by atoms with Crippen molar-refractivity contribution in [2.75, 3.05) is 11.1 Å². The van der Waals surface area contributed by atoms with Crippen LogP contribution in [0, 0.1) is 5.95 Å². The fourth-order valence-corrected chi connectivity index (χ4v) is 6.06. The molecule has 3 heterocycles. The van der Waals surface area contributed by atoms with E-state index in [-0.39, 0.29) is 27.3 Å². The van der Waals surface area contributed by atoms with Gasteiger partial charge in [0.25, 0.3) is 5.91 Å². The number of amidine groups is 1. The number of carbonyl (C=O) groups is 1. The van der Waals surface area contributed by atoms with E-state index < -0.39 is 32.0 Å². The largest absolute Gasteiger partial charge is 0.386 e. The zero-order chi connectivity index (χ0) is 20.9. The second kappa shape index (κ2) is 6.78. The number of aromatic nitrogens is 1. The molecule has 1 aliphatic rings. The predicted molar refractivity (Wildman–Crippen MR) is 108 cm³/mol. The van der Waals surface area contributed by atoms with Crippen molar-refractivity contribution < 1.29 is 17.6 Å². The Hall–Kier alpha value is -2.04. The molecule has 0 unspecified atom stereocenters. The molecule has 3 N–H and O–H groups in total. The lowest BCUT2D eigenvalue weighted by molar-refractivity contribution is 0.103.